The van der Waals surface area contributed by atoms with E-state index in [0.29, 0.717) is 0 Å². The minimum absolute atomic E-state index is 0.0297. The fourth-order valence-electron chi connectivity index (χ4n) is 0.342. The predicted molar refractivity (Wildman–Crippen MR) is 37.2 cm³/mol. The number of Topliss-reactive ketones (excluding diaryl/α,β-unsaturated/α-hetero) is 1. The molecular formula is C5H8NO4P. The fourth-order valence-corrected chi connectivity index (χ4v) is 0.728. The van der Waals surface area contributed by atoms with Crippen molar-refractivity contribution in [3.05, 3.63) is 0 Å². The van der Waals surface area contributed by atoms with E-state index in [4.69, 9.17) is 5.26 Å². The van der Waals surface area contributed by atoms with Crippen molar-refractivity contribution in [2.24, 2.45) is 0 Å². The molecule has 0 aromatic heterocycles. The van der Waals surface area contributed by atoms with Crippen molar-refractivity contribution in [2.75, 3.05) is 13.7 Å². The Balaban J connectivity index is 3.36. The van der Waals surface area contributed by atoms with Crippen LogP contribution in [0.5, 0.6) is 0 Å². The van der Waals surface area contributed by atoms with Gasteiger partial charge in [-0.15, -0.1) is 0 Å². The zero-order valence-electron chi connectivity index (χ0n) is 5.99. The summed E-state index contributed by atoms with van der Waals surface area (Å²) in [4.78, 5) is 10.3. The Bertz CT molecular complexity index is 197. The Labute approximate surface area is 64.9 Å². The van der Waals surface area contributed by atoms with Gasteiger partial charge < -0.3 is 9.05 Å². The van der Waals surface area contributed by atoms with Crippen molar-refractivity contribution >= 4 is 14.0 Å². The summed E-state index contributed by atoms with van der Waals surface area (Å²) in [7, 11) is -1.20. The maximum atomic E-state index is 10.4. The van der Waals surface area contributed by atoms with Crippen molar-refractivity contribution in [3.8, 4) is 6.07 Å². The van der Waals surface area contributed by atoms with Crippen LogP contribution in [0.4, 0.5) is 0 Å². The molecule has 1 unspecified atom stereocenters. The molecule has 0 heterocycles. The monoisotopic (exact) mass is 177 g/mol. The van der Waals surface area contributed by atoms with Gasteiger partial charge in [-0.1, -0.05) is 0 Å². The highest BCUT2D eigenvalue weighted by Gasteiger charge is 2.00. The fraction of sp³-hybridized carbons (Fsp3) is 0.600. The van der Waals surface area contributed by atoms with E-state index in [9.17, 15) is 9.36 Å². The van der Waals surface area contributed by atoms with Crippen LogP contribution in [0.15, 0.2) is 0 Å². The van der Waals surface area contributed by atoms with Crippen LogP contribution in [0, 0.1) is 11.3 Å². The molecule has 0 saturated carbocycles. The Morgan fingerprint density at radius 2 is 2.36 bits per heavy atom. The first-order chi connectivity index (χ1) is 5.20. The van der Waals surface area contributed by atoms with Crippen LogP contribution in [0.25, 0.3) is 0 Å². The first-order valence-electron chi connectivity index (χ1n) is 2.84. The number of carbonyl (C=O) groups excluding carboxylic acids is 1. The van der Waals surface area contributed by atoms with E-state index in [-0.39, 0.29) is 13.0 Å². The van der Waals surface area contributed by atoms with Crippen molar-refractivity contribution in [3.63, 3.8) is 0 Å². The van der Waals surface area contributed by atoms with Crippen LogP contribution in [-0.2, 0) is 18.4 Å². The van der Waals surface area contributed by atoms with Crippen molar-refractivity contribution < 1.29 is 18.4 Å². The lowest BCUT2D eigenvalue weighted by Gasteiger charge is -1.97. The number of carbonyl (C=O) groups is 1. The molecule has 11 heavy (non-hydrogen) atoms. The van der Waals surface area contributed by atoms with Gasteiger partial charge in [-0.05, 0) is 0 Å². The van der Waals surface area contributed by atoms with Crippen LogP contribution in [0.3, 0.4) is 0 Å². The number of ketones is 1. The minimum Gasteiger partial charge on any atom is -0.314 e. The third-order valence-electron chi connectivity index (χ3n) is 0.840. The van der Waals surface area contributed by atoms with E-state index in [2.05, 4.69) is 9.05 Å². The molecule has 0 aromatic rings. The molecule has 6 heteroatoms. The average molecular weight is 177 g/mol. The van der Waals surface area contributed by atoms with Gasteiger partial charge in [0.2, 0.25) is 5.78 Å². The van der Waals surface area contributed by atoms with Crippen molar-refractivity contribution in [1.82, 2.24) is 0 Å². The second-order valence-electron chi connectivity index (χ2n) is 1.59. The highest BCUT2D eigenvalue weighted by atomic mass is 31.1. The Kier molecular flexibility index (Phi) is 5.67. The summed E-state index contributed by atoms with van der Waals surface area (Å²) < 4.78 is 19.2. The summed E-state index contributed by atoms with van der Waals surface area (Å²) in [5.74, 6) is -0.587. The van der Waals surface area contributed by atoms with Crippen LogP contribution in [0.1, 0.15) is 6.42 Å². The Morgan fingerprint density at radius 3 is 2.82 bits per heavy atom. The number of nitrogens with zero attached hydrogens (tertiary/aromatic N) is 1. The van der Waals surface area contributed by atoms with Crippen LogP contribution in [-0.4, -0.2) is 19.5 Å². The summed E-state index contributed by atoms with van der Waals surface area (Å²) in [6, 6.07) is 1.41. The van der Waals surface area contributed by atoms with E-state index in [0.717, 1.165) is 0 Å². The molecule has 0 bridgehead atoms. The lowest BCUT2D eigenvalue weighted by molar-refractivity contribution is -0.114. The smallest absolute Gasteiger partial charge is 0.314 e. The SMILES string of the molecule is CO[PH](=O)OCCC(=O)C#N. The summed E-state index contributed by atoms with van der Waals surface area (Å²) in [5, 5.41) is 8.00. The van der Waals surface area contributed by atoms with Gasteiger partial charge in [0.15, 0.2) is 0 Å². The largest absolute Gasteiger partial charge is 0.318 e. The second-order valence-corrected chi connectivity index (χ2v) is 2.78. The molecule has 0 aromatic carbocycles. The van der Waals surface area contributed by atoms with Gasteiger partial charge in [-0.25, -0.2) is 0 Å². The van der Waals surface area contributed by atoms with E-state index in [1.807, 2.05) is 0 Å². The van der Waals surface area contributed by atoms with E-state index in [1.165, 1.54) is 13.2 Å². The maximum absolute atomic E-state index is 10.4. The van der Waals surface area contributed by atoms with Gasteiger partial charge in [0, 0.05) is 13.5 Å². The third-order valence-corrected chi connectivity index (χ3v) is 1.61. The highest BCUT2D eigenvalue weighted by Crippen LogP contribution is 2.21. The number of hydrogen-bond acceptors (Lipinski definition) is 5. The lowest BCUT2D eigenvalue weighted by atomic mass is 10.3. The summed E-state index contributed by atoms with van der Waals surface area (Å²) >= 11 is 0. The molecule has 62 valence electrons. The van der Waals surface area contributed by atoms with E-state index in [1.54, 1.807) is 0 Å². The summed E-state index contributed by atoms with van der Waals surface area (Å²) in [5.41, 5.74) is 0. The topological polar surface area (TPSA) is 76.4 Å². The first-order valence-corrected chi connectivity index (χ1v) is 4.07. The second kappa shape index (κ2) is 6.05. The summed E-state index contributed by atoms with van der Waals surface area (Å²) in [6.07, 6.45) is -0.0454. The molecular weight excluding hydrogens is 169 g/mol. The molecule has 5 nitrogen and oxygen atoms in total. The molecule has 0 spiro atoms. The number of hydrogen-bond donors (Lipinski definition) is 0. The van der Waals surface area contributed by atoms with Gasteiger partial charge in [-0.2, -0.15) is 5.26 Å². The minimum atomic E-state index is -2.44. The van der Waals surface area contributed by atoms with Crippen molar-refractivity contribution in [1.29, 1.82) is 5.26 Å². The zero-order chi connectivity index (χ0) is 8.69. The van der Waals surface area contributed by atoms with Crippen molar-refractivity contribution in [2.45, 2.75) is 6.42 Å². The Morgan fingerprint density at radius 1 is 1.73 bits per heavy atom. The van der Waals surface area contributed by atoms with Crippen LogP contribution in [0.2, 0.25) is 0 Å². The van der Waals surface area contributed by atoms with Crippen LogP contribution < -0.4 is 0 Å². The van der Waals surface area contributed by atoms with Gasteiger partial charge in [0.05, 0.1) is 6.61 Å². The molecule has 0 aliphatic rings. The van der Waals surface area contributed by atoms with Gasteiger partial charge in [-0.3, -0.25) is 9.36 Å². The lowest BCUT2D eigenvalue weighted by Crippen LogP contribution is -1.97. The normalized spacial score (nSPS) is 12.0. The molecule has 1 atom stereocenters. The van der Waals surface area contributed by atoms with Crippen LogP contribution >= 0.6 is 8.25 Å². The standard InChI is InChI=1S/C5H8NO4P/c1-9-11(8)10-3-2-5(7)4-6/h11H,2-3H2,1H3. The summed E-state index contributed by atoms with van der Waals surface area (Å²) in [6.45, 7) is -0.0297. The van der Waals surface area contributed by atoms with E-state index < -0.39 is 14.0 Å². The molecule has 0 aliphatic heterocycles. The third kappa shape index (κ3) is 5.74. The molecule has 0 N–H and O–H groups in total. The quantitative estimate of drug-likeness (QED) is 0.452. The molecule has 0 fully saturated rings. The molecule has 0 amide bonds. The Hall–Kier alpha value is -0.690. The average Bonchev–Trinajstić information content (AvgIpc) is 2.04. The van der Waals surface area contributed by atoms with Gasteiger partial charge in [0.1, 0.15) is 6.07 Å². The highest BCUT2D eigenvalue weighted by molar-refractivity contribution is 7.33. The molecule has 0 radical (unpaired) electrons. The van der Waals surface area contributed by atoms with E-state index >= 15 is 0 Å². The van der Waals surface area contributed by atoms with Gasteiger partial charge >= 0.3 is 8.25 Å². The zero-order valence-corrected chi connectivity index (χ0v) is 6.99. The molecule has 0 aliphatic carbocycles. The number of rotatable bonds is 5. The molecule has 0 rings (SSSR count). The maximum Gasteiger partial charge on any atom is 0.318 e. The first kappa shape index (κ1) is 10.3. The molecule has 0 saturated heterocycles. The number of nitriles is 1. The predicted octanol–water partition coefficient (Wildman–Crippen LogP) is 0.522. The van der Waals surface area contributed by atoms with Gasteiger partial charge in [0.25, 0.3) is 0 Å².